The molecule has 0 aliphatic heterocycles. The third kappa shape index (κ3) is 5.03. The van der Waals surface area contributed by atoms with Crippen molar-refractivity contribution in [2.45, 2.75) is 19.3 Å². The Kier molecular flexibility index (Phi) is 6.32. The van der Waals surface area contributed by atoms with Crippen LogP contribution < -0.4 is 10.9 Å². The maximum atomic E-state index is 13.0. The second-order valence-corrected chi connectivity index (χ2v) is 7.51. The Labute approximate surface area is 194 Å². The molecule has 180 valence electrons. The first kappa shape index (κ1) is 23.6. The van der Waals surface area contributed by atoms with Crippen molar-refractivity contribution in [2.24, 2.45) is 0 Å². The number of benzene rings is 2. The largest absolute Gasteiger partial charge is 0.416 e. The number of amides is 1. The van der Waals surface area contributed by atoms with Gasteiger partial charge in [0.25, 0.3) is 17.2 Å². The van der Waals surface area contributed by atoms with Crippen LogP contribution in [0.15, 0.2) is 65.8 Å². The van der Waals surface area contributed by atoms with Crippen LogP contribution in [0.5, 0.6) is 0 Å². The standard InChI is InChI=1S/C22H17F3N6O4/c23-22(24,25)15-5-3-4-14(10-15)12-29-13-27-19-17(21(29)33)11-28-30(19)9-8-26-20(32)16-6-1-2-7-18(16)31(34)35/h1-7,10-11,13H,8-9,12H2,(H,26,32). The molecule has 10 nitrogen and oxygen atoms in total. The van der Waals surface area contributed by atoms with Gasteiger partial charge in [-0.05, 0) is 23.8 Å². The van der Waals surface area contributed by atoms with E-state index in [0.29, 0.717) is 0 Å². The Hall–Kier alpha value is -4.55. The molecule has 0 bridgehead atoms. The van der Waals surface area contributed by atoms with Crippen LogP contribution in [-0.2, 0) is 19.3 Å². The summed E-state index contributed by atoms with van der Waals surface area (Å²) in [5.74, 6) is -0.634. The van der Waals surface area contributed by atoms with Crippen LogP contribution in [0.2, 0.25) is 0 Å². The predicted octanol–water partition coefficient (Wildman–Crippen LogP) is 3.00. The SMILES string of the molecule is O=C(NCCn1ncc2c(=O)n(Cc3cccc(C(F)(F)F)c3)cnc21)c1ccccc1[N+](=O)[O-]. The fourth-order valence-corrected chi connectivity index (χ4v) is 3.51. The highest BCUT2D eigenvalue weighted by Crippen LogP contribution is 2.29. The Morgan fingerprint density at radius 3 is 2.66 bits per heavy atom. The molecule has 1 N–H and O–H groups in total. The van der Waals surface area contributed by atoms with Gasteiger partial charge >= 0.3 is 6.18 Å². The van der Waals surface area contributed by atoms with Crippen molar-refractivity contribution >= 4 is 22.6 Å². The highest BCUT2D eigenvalue weighted by atomic mass is 19.4. The van der Waals surface area contributed by atoms with E-state index in [1.807, 2.05) is 0 Å². The number of nitro groups is 1. The van der Waals surface area contributed by atoms with Crippen molar-refractivity contribution in [2.75, 3.05) is 6.54 Å². The van der Waals surface area contributed by atoms with Crippen LogP contribution in [0.1, 0.15) is 21.5 Å². The minimum absolute atomic E-state index is 0.0522. The molecule has 0 saturated heterocycles. The molecule has 1 amide bonds. The maximum Gasteiger partial charge on any atom is 0.416 e. The van der Waals surface area contributed by atoms with Gasteiger partial charge in [-0.2, -0.15) is 18.3 Å². The predicted molar refractivity (Wildman–Crippen MR) is 118 cm³/mol. The summed E-state index contributed by atoms with van der Waals surface area (Å²) in [5.41, 5.74) is -1.19. The van der Waals surface area contributed by atoms with E-state index >= 15 is 0 Å². The summed E-state index contributed by atoms with van der Waals surface area (Å²) in [6, 6.07) is 10.2. The van der Waals surface area contributed by atoms with E-state index in [1.54, 1.807) is 0 Å². The first-order valence-corrected chi connectivity index (χ1v) is 10.2. The van der Waals surface area contributed by atoms with E-state index in [-0.39, 0.29) is 47.5 Å². The Morgan fingerprint density at radius 1 is 1.14 bits per heavy atom. The van der Waals surface area contributed by atoms with Gasteiger partial charge in [-0.1, -0.05) is 24.3 Å². The minimum Gasteiger partial charge on any atom is -0.350 e. The third-order valence-corrected chi connectivity index (χ3v) is 5.18. The first-order valence-electron chi connectivity index (χ1n) is 10.2. The number of halogens is 3. The van der Waals surface area contributed by atoms with E-state index in [4.69, 9.17) is 0 Å². The number of alkyl halides is 3. The fraction of sp³-hybridized carbons (Fsp3) is 0.182. The molecule has 2 aromatic carbocycles. The average Bonchev–Trinajstić information content (AvgIpc) is 3.24. The summed E-state index contributed by atoms with van der Waals surface area (Å²) in [7, 11) is 0. The van der Waals surface area contributed by atoms with Crippen LogP contribution in [0.3, 0.4) is 0 Å². The molecule has 2 aromatic heterocycles. The third-order valence-electron chi connectivity index (χ3n) is 5.18. The number of hydrogen-bond acceptors (Lipinski definition) is 6. The molecule has 0 unspecified atom stereocenters. The monoisotopic (exact) mass is 486 g/mol. The topological polar surface area (TPSA) is 125 Å². The summed E-state index contributed by atoms with van der Waals surface area (Å²) in [6.07, 6.45) is -1.99. The Bertz CT molecular complexity index is 1480. The zero-order chi connectivity index (χ0) is 25.2. The molecule has 0 saturated carbocycles. The lowest BCUT2D eigenvalue weighted by Gasteiger charge is -2.10. The average molecular weight is 486 g/mol. The number of nitro benzene ring substituents is 1. The summed E-state index contributed by atoms with van der Waals surface area (Å²) in [6.45, 7) is 0.0688. The van der Waals surface area contributed by atoms with Crippen LogP contribution in [-0.4, -0.2) is 36.7 Å². The number of para-hydroxylation sites is 1. The molecule has 0 aliphatic carbocycles. The smallest absolute Gasteiger partial charge is 0.350 e. The summed E-state index contributed by atoms with van der Waals surface area (Å²) in [5, 5.41) is 17.9. The summed E-state index contributed by atoms with van der Waals surface area (Å²) in [4.78, 5) is 39.8. The van der Waals surface area contributed by atoms with Crippen molar-refractivity contribution in [3.8, 4) is 0 Å². The van der Waals surface area contributed by atoms with Crippen molar-refractivity contribution in [3.05, 3.63) is 98.2 Å². The second kappa shape index (κ2) is 9.37. The van der Waals surface area contributed by atoms with Gasteiger partial charge in [0, 0.05) is 12.6 Å². The molecule has 0 atom stereocenters. The van der Waals surface area contributed by atoms with E-state index in [0.717, 1.165) is 12.1 Å². The number of rotatable bonds is 7. The van der Waals surface area contributed by atoms with Gasteiger partial charge in [0.05, 0.1) is 29.8 Å². The van der Waals surface area contributed by atoms with Crippen LogP contribution in [0.25, 0.3) is 11.0 Å². The number of nitrogens with zero attached hydrogens (tertiary/aromatic N) is 5. The number of hydrogen-bond donors (Lipinski definition) is 1. The highest BCUT2D eigenvalue weighted by Gasteiger charge is 2.30. The quantitative estimate of drug-likeness (QED) is 0.316. The summed E-state index contributed by atoms with van der Waals surface area (Å²) >= 11 is 0. The van der Waals surface area contributed by atoms with Crippen molar-refractivity contribution in [1.82, 2.24) is 24.6 Å². The van der Waals surface area contributed by atoms with Crippen molar-refractivity contribution < 1.29 is 22.9 Å². The zero-order valence-electron chi connectivity index (χ0n) is 17.9. The Morgan fingerprint density at radius 2 is 1.91 bits per heavy atom. The molecule has 0 spiro atoms. The van der Waals surface area contributed by atoms with E-state index in [9.17, 15) is 32.9 Å². The number of nitrogens with one attached hydrogen (secondary N) is 1. The summed E-state index contributed by atoms with van der Waals surface area (Å²) < 4.78 is 41.4. The first-order chi connectivity index (χ1) is 16.6. The molecule has 4 rings (SSSR count). The van der Waals surface area contributed by atoms with Gasteiger partial charge in [-0.3, -0.25) is 24.3 Å². The van der Waals surface area contributed by atoms with Crippen molar-refractivity contribution in [3.63, 3.8) is 0 Å². The lowest BCUT2D eigenvalue weighted by molar-refractivity contribution is -0.385. The van der Waals surface area contributed by atoms with E-state index in [2.05, 4.69) is 15.4 Å². The lowest BCUT2D eigenvalue weighted by Crippen LogP contribution is -2.28. The molecular formula is C22H17F3N6O4. The lowest BCUT2D eigenvalue weighted by atomic mass is 10.1. The molecule has 4 aromatic rings. The zero-order valence-corrected chi connectivity index (χ0v) is 17.9. The number of carbonyl (C=O) groups is 1. The van der Waals surface area contributed by atoms with Crippen LogP contribution in [0, 0.1) is 10.1 Å². The van der Waals surface area contributed by atoms with Crippen molar-refractivity contribution in [1.29, 1.82) is 0 Å². The van der Waals surface area contributed by atoms with Gasteiger partial charge in [-0.25, -0.2) is 9.67 Å². The van der Waals surface area contributed by atoms with Gasteiger partial charge in [0.1, 0.15) is 17.3 Å². The molecule has 0 radical (unpaired) electrons. The second-order valence-electron chi connectivity index (χ2n) is 7.51. The van der Waals surface area contributed by atoms with Gasteiger partial charge < -0.3 is 5.32 Å². The minimum atomic E-state index is -4.49. The van der Waals surface area contributed by atoms with Gasteiger partial charge in [-0.15, -0.1) is 0 Å². The normalized spacial score (nSPS) is 11.5. The fourth-order valence-electron chi connectivity index (χ4n) is 3.51. The maximum absolute atomic E-state index is 13.0. The van der Waals surface area contributed by atoms with E-state index < -0.39 is 28.1 Å². The molecular weight excluding hydrogens is 469 g/mol. The molecule has 35 heavy (non-hydrogen) atoms. The van der Waals surface area contributed by atoms with Crippen LogP contribution >= 0.6 is 0 Å². The van der Waals surface area contributed by atoms with Gasteiger partial charge in [0.15, 0.2) is 5.65 Å². The molecule has 0 aliphatic rings. The molecule has 0 fully saturated rings. The molecule has 2 heterocycles. The van der Waals surface area contributed by atoms with Gasteiger partial charge in [0.2, 0.25) is 0 Å². The number of aromatic nitrogens is 4. The Balaban J connectivity index is 1.47. The van der Waals surface area contributed by atoms with E-state index in [1.165, 1.54) is 58.2 Å². The number of carbonyl (C=O) groups excluding carboxylic acids is 1. The molecule has 13 heteroatoms. The van der Waals surface area contributed by atoms with Crippen LogP contribution in [0.4, 0.5) is 18.9 Å². The number of fused-ring (bicyclic) bond motifs is 1. The highest BCUT2D eigenvalue weighted by molar-refractivity contribution is 5.98.